The number of likely N-dealkylation sites (tertiary alicyclic amines) is 1. The van der Waals surface area contributed by atoms with Gasteiger partial charge in [0, 0.05) is 46.2 Å². The molecular formula is C32H41N7O7. The predicted octanol–water partition coefficient (Wildman–Crippen LogP) is 1.98. The van der Waals surface area contributed by atoms with Crippen molar-refractivity contribution in [2.24, 2.45) is 0 Å². The summed E-state index contributed by atoms with van der Waals surface area (Å²) in [5.41, 5.74) is 1.81. The van der Waals surface area contributed by atoms with Crippen molar-refractivity contribution in [1.29, 1.82) is 0 Å². The summed E-state index contributed by atoms with van der Waals surface area (Å²) < 4.78 is 24.9. The molecule has 1 aromatic heterocycles. The van der Waals surface area contributed by atoms with Crippen LogP contribution in [0.1, 0.15) is 36.8 Å². The number of fused-ring (bicyclic) bond motifs is 9. The number of carbonyl (C=O) groups is 3. The summed E-state index contributed by atoms with van der Waals surface area (Å²) in [5, 5.41) is 14.1. The highest BCUT2D eigenvalue weighted by Gasteiger charge is 2.34. The Bertz CT molecular complexity index is 1470. The van der Waals surface area contributed by atoms with E-state index < -0.39 is 6.04 Å². The van der Waals surface area contributed by atoms with E-state index in [9.17, 15) is 14.4 Å². The highest BCUT2D eigenvalue weighted by molar-refractivity contribution is 5.85. The number of methoxy groups -OCH3 is 2. The standard InChI is InChI=1S/C32H41N7O7/c1-43-16-4-13-37-20-30(40)34-26-19-38(32(42)12-15-39-22-33-35-36-39)14-11-27(26)45-21-24-5-3-6-25(17-24)46-28-9-7-23(8-10-31(37)41)18-29(28)44-2/h3,5-7,9,17-18,22,26-27H,4,8,10-16,19-21H2,1-2H3,(H,34,40)/t26-,27+/m0/s1. The topological polar surface area (TPSA) is 150 Å². The fourth-order valence-electron chi connectivity index (χ4n) is 5.65. The van der Waals surface area contributed by atoms with Crippen LogP contribution in [0.15, 0.2) is 48.8 Å². The Morgan fingerprint density at radius 2 is 1.98 bits per heavy atom. The number of amides is 3. The van der Waals surface area contributed by atoms with Crippen LogP contribution >= 0.6 is 0 Å². The first kappa shape index (κ1) is 32.8. The van der Waals surface area contributed by atoms with Crippen LogP contribution in [0.2, 0.25) is 0 Å². The van der Waals surface area contributed by atoms with Crippen LogP contribution in [-0.2, 0) is 43.4 Å². The first-order valence-corrected chi connectivity index (χ1v) is 15.5. The van der Waals surface area contributed by atoms with Crippen LogP contribution in [0.4, 0.5) is 0 Å². The molecule has 14 nitrogen and oxygen atoms in total. The number of piperidine rings is 1. The Hall–Kier alpha value is -4.56. The third kappa shape index (κ3) is 9.01. The lowest BCUT2D eigenvalue weighted by molar-refractivity contribution is -0.139. The zero-order chi connectivity index (χ0) is 32.3. The van der Waals surface area contributed by atoms with Crippen LogP contribution in [0.3, 0.4) is 0 Å². The van der Waals surface area contributed by atoms with Crippen molar-refractivity contribution >= 4 is 17.7 Å². The number of rotatable bonds is 8. The van der Waals surface area contributed by atoms with E-state index in [1.165, 1.54) is 11.0 Å². The second-order valence-electron chi connectivity index (χ2n) is 11.4. The summed E-state index contributed by atoms with van der Waals surface area (Å²) in [5.74, 6) is 1.22. The summed E-state index contributed by atoms with van der Waals surface area (Å²) in [4.78, 5) is 43.3. The Balaban J connectivity index is 1.36. The largest absolute Gasteiger partial charge is 0.493 e. The average molecular weight is 636 g/mol. The molecule has 1 saturated heterocycles. The van der Waals surface area contributed by atoms with Crippen LogP contribution in [0, 0.1) is 0 Å². The monoisotopic (exact) mass is 635 g/mol. The van der Waals surface area contributed by atoms with Gasteiger partial charge in [-0.25, -0.2) is 4.68 Å². The lowest BCUT2D eigenvalue weighted by Crippen LogP contribution is -2.58. The van der Waals surface area contributed by atoms with Crippen molar-refractivity contribution in [3.05, 3.63) is 59.9 Å². The van der Waals surface area contributed by atoms with Gasteiger partial charge in [-0.3, -0.25) is 14.4 Å². The maximum atomic E-state index is 13.5. The van der Waals surface area contributed by atoms with Gasteiger partial charge < -0.3 is 34.1 Å². The minimum absolute atomic E-state index is 0.0674. The molecule has 1 fully saturated rings. The molecule has 0 radical (unpaired) electrons. The average Bonchev–Trinajstić information content (AvgIpc) is 3.59. The Kier molecular flexibility index (Phi) is 11.5. The van der Waals surface area contributed by atoms with Gasteiger partial charge in [0.15, 0.2) is 11.5 Å². The number of hydrogen-bond donors (Lipinski definition) is 1. The number of nitrogens with zero attached hydrogens (tertiary/aromatic N) is 6. The first-order chi connectivity index (χ1) is 22.4. The van der Waals surface area contributed by atoms with Crippen molar-refractivity contribution in [3.8, 4) is 17.2 Å². The second-order valence-corrected chi connectivity index (χ2v) is 11.4. The quantitative estimate of drug-likeness (QED) is 0.364. The van der Waals surface area contributed by atoms with E-state index in [1.807, 2.05) is 42.5 Å². The van der Waals surface area contributed by atoms with E-state index >= 15 is 0 Å². The number of aromatic nitrogens is 4. The molecule has 6 rings (SSSR count). The summed E-state index contributed by atoms with van der Waals surface area (Å²) in [6, 6.07) is 12.7. The molecular weight excluding hydrogens is 594 g/mol. The number of hydrogen-bond acceptors (Lipinski definition) is 10. The van der Waals surface area contributed by atoms with E-state index in [4.69, 9.17) is 18.9 Å². The van der Waals surface area contributed by atoms with Gasteiger partial charge in [-0.05, 0) is 65.1 Å². The molecule has 246 valence electrons. The number of carbonyl (C=O) groups excluding carboxylic acids is 3. The first-order valence-electron chi connectivity index (χ1n) is 15.5. The molecule has 46 heavy (non-hydrogen) atoms. The molecule has 4 heterocycles. The van der Waals surface area contributed by atoms with Crippen LogP contribution in [0.25, 0.3) is 0 Å². The van der Waals surface area contributed by atoms with Gasteiger partial charge >= 0.3 is 0 Å². The third-order valence-corrected chi connectivity index (χ3v) is 8.10. The van der Waals surface area contributed by atoms with Crippen molar-refractivity contribution in [1.82, 2.24) is 35.3 Å². The van der Waals surface area contributed by atoms with Gasteiger partial charge in [-0.15, -0.1) is 5.10 Å². The van der Waals surface area contributed by atoms with E-state index in [0.29, 0.717) is 62.8 Å². The highest BCUT2D eigenvalue weighted by Crippen LogP contribution is 2.33. The van der Waals surface area contributed by atoms with Gasteiger partial charge in [-0.2, -0.15) is 0 Å². The molecule has 0 unspecified atom stereocenters. The maximum absolute atomic E-state index is 13.5. The number of ether oxygens (including phenoxy) is 4. The van der Waals surface area contributed by atoms with Gasteiger partial charge in [0.1, 0.15) is 12.1 Å². The fourth-order valence-corrected chi connectivity index (χ4v) is 5.65. The smallest absolute Gasteiger partial charge is 0.239 e. The van der Waals surface area contributed by atoms with Crippen LogP contribution in [-0.4, -0.2) is 107 Å². The van der Waals surface area contributed by atoms with Gasteiger partial charge in [0.05, 0.1) is 39.0 Å². The Morgan fingerprint density at radius 1 is 1.09 bits per heavy atom. The van der Waals surface area contributed by atoms with Gasteiger partial charge in [0.2, 0.25) is 17.7 Å². The summed E-state index contributed by atoms with van der Waals surface area (Å²) >= 11 is 0. The number of tetrazole rings is 1. The summed E-state index contributed by atoms with van der Waals surface area (Å²) in [6.07, 6.45) is 3.12. The minimum Gasteiger partial charge on any atom is -0.493 e. The van der Waals surface area contributed by atoms with Crippen LogP contribution in [0.5, 0.6) is 17.2 Å². The van der Waals surface area contributed by atoms with Crippen LogP contribution < -0.4 is 14.8 Å². The molecule has 1 N–H and O–H groups in total. The molecule has 4 bridgehead atoms. The molecule has 2 atom stereocenters. The van der Waals surface area contributed by atoms with E-state index in [-0.39, 0.29) is 56.4 Å². The molecule has 3 amide bonds. The molecule has 3 aliphatic heterocycles. The zero-order valence-electron chi connectivity index (χ0n) is 26.3. The van der Waals surface area contributed by atoms with Gasteiger partial charge in [-0.1, -0.05) is 18.2 Å². The lowest BCUT2D eigenvalue weighted by atomic mass is 10.0. The maximum Gasteiger partial charge on any atom is 0.239 e. The van der Waals surface area contributed by atoms with E-state index in [0.717, 1.165) is 11.1 Å². The number of nitrogens with one attached hydrogen (secondary N) is 1. The van der Waals surface area contributed by atoms with Crippen molar-refractivity contribution in [2.75, 3.05) is 47.0 Å². The Labute approximate surface area is 267 Å². The SMILES string of the molecule is COCCCN1CC(=O)N[C@H]2CN(C(=O)CCn3cnnn3)CC[C@H]2OCc2cccc(c2)Oc2ccc(cc2OC)CCC1=O. The van der Waals surface area contributed by atoms with Crippen molar-refractivity contribution in [2.45, 2.75) is 57.4 Å². The van der Waals surface area contributed by atoms with Gasteiger partial charge in [0.25, 0.3) is 0 Å². The molecule has 2 aromatic carbocycles. The fraction of sp³-hybridized carbons (Fsp3) is 0.500. The number of aryl methyl sites for hydroxylation is 2. The predicted molar refractivity (Wildman–Crippen MR) is 165 cm³/mol. The summed E-state index contributed by atoms with van der Waals surface area (Å²) in [7, 11) is 3.18. The molecule has 3 aliphatic rings. The second kappa shape index (κ2) is 16.1. The van der Waals surface area contributed by atoms with Crippen molar-refractivity contribution in [3.63, 3.8) is 0 Å². The molecule has 3 aromatic rings. The highest BCUT2D eigenvalue weighted by atomic mass is 16.5. The molecule has 0 saturated carbocycles. The third-order valence-electron chi connectivity index (χ3n) is 8.10. The zero-order valence-corrected chi connectivity index (χ0v) is 26.3. The van der Waals surface area contributed by atoms with E-state index in [1.54, 1.807) is 24.0 Å². The Morgan fingerprint density at radius 3 is 2.78 bits per heavy atom. The molecule has 14 heteroatoms. The summed E-state index contributed by atoms with van der Waals surface area (Å²) in [6.45, 7) is 2.11. The number of benzene rings is 2. The van der Waals surface area contributed by atoms with E-state index in [2.05, 4.69) is 20.8 Å². The lowest BCUT2D eigenvalue weighted by Gasteiger charge is -2.39. The normalized spacial score (nSPS) is 19.3. The molecule has 0 aliphatic carbocycles. The van der Waals surface area contributed by atoms with Crippen molar-refractivity contribution < 1.29 is 33.3 Å². The minimum atomic E-state index is -0.477. The molecule has 0 spiro atoms.